The van der Waals surface area contributed by atoms with Crippen LogP contribution in [0.5, 0.6) is 23.0 Å². The molecule has 2 heterocycles. The number of benzene rings is 4. The summed E-state index contributed by atoms with van der Waals surface area (Å²) in [6.45, 7) is 0. The van der Waals surface area contributed by atoms with Gasteiger partial charge in [0.25, 0.3) is 0 Å². The third kappa shape index (κ3) is 5.45. The first-order valence-corrected chi connectivity index (χ1v) is 12.5. The second kappa shape index (κ2) is 10.8. The second-order valence-electron chi connectivity index (χ2n) is 8.81. The number of rotatable bonds is 7. The van der Waals surface area contributed by atoms with Gasteiger partial charge >= 0.3 is 0 Å². The highest BCUT2D eigenvalue weighted by Gasteiger charge is 2.10. The molecule has 0 fully saturated rings. The van der Waals surface area contributed by atoms with Crippen molar-refractivity contribution in [1.29, 1.82) is 0 Å². The molecule has 0 aliphatic carbocycles. The van der Waals surface area contributed by atoms with Crippen LogP contribution in [0.2, 0.25) is 0 Å². The molecule has 4 aromatic carbocycles. The summed E-state index contributed by atoms with van der Waals surface area (Å²) in [7, 11) is 0. The Hall–Kier alpha value is -5.22. The number of aromatic nitrogens is 2. The molecule has 0 radical (unpaired) electrons. The summed E-state index contributed by atoms with van der Waals surface area (Å²) in [5, 5.41) is 0. The zero-order valence-electron chi connectivity index (χ0n) is 20.7. The lowest BCUT2D eigenvalue weighted by molar-refractivity contribution is -0.596. The summed E-state index contributed by atoms with van der Waals surface area (Å²) >= 11 is 0. The fourth-order valence-corrected chi connectivity index (χ4v) is 4.20. The van der Waals surface area contributed by atoms with Crippen molar-refractivity contribution >= 4 is 0 Å². The van der Waals surface area contributed by atoms with E-state index in [0.29, 0.717) is 0 Å². The lowest BCUT2D eigenvalue weighted by atomic mass is 10.1. The van der Waals surface area contributed by atoms with Crippen LogP contribution in [0.4, 0.5) is 0 Å². The molecule has 0 N–H and O–H groups in total. The third-order valence-electron chi connectivity index (χ3n) is 6.22. The Kier molecular flexibility index (Phi) is 6.60. The topological polar surface area (TPSA) is 26.2 Å². The number of nitrogens with zero attached hydrogens (tertiary/aromatic N) is 2. The fourth-order valence-electron chi connectivity index (χ4n) is 4.20. The molecular formula is C34H26N2O2+2. The first-order chi connectivity index (χ1) is 18.8. The van der Waals surface area contributed by atoms with Crippen molar-refractivity contribution < 1.29 is 18.6 Å². The Morgan fingerprint density at radius 1 is 0.316 bits per heavy atom. The predicted octanol–water partition coefficient (Wildman–Crippen LogP) is 7.49. The summed E-state index contributed by atoms with van der Waals surface area (Å²) in [5.74, 6) is 3.28. The molecule has 0 saturated carbocycles. The van der Waals surface area contributed by atoms with Crippen molar-refractivity contribution in [2.45, 2.75) is 0 Å². The highest BCUT2D eigenvalue weighted by atomic mass is 16.5. The molecule has 38 heavy (non-hydrogen) atoms. The third-order valence-corrected chi connectivity index (χ3v) is 6.22. The number of hydrogen-bond acceptors (Lipinski definition) is 2. The summed E-state index contributed by atoms with van der Waals surface area (Å²) in [4.78, 5) is 0. The van der Waals surface area contributed by atoms with E-state index in [1.807, 2.05) is 84.9 Å². The molecule has 0 spiro atoms. The van der Waals surface area contributed by atoms with Gasteiger partial charge in [0.05, 0.1) is 0 Å². The van der Waals surface area contributed by atoms with Gasteiger partial charge in [0.1, 0.15) is 23.0 Å². The van der Waals surface area contributed by atoms with E-state index in [1.165, 1.54) is 0 Å². The van der Waals surface area contributed by atoms with Gasteiger partial charge in [-0.15, -0.1) is 0 Å². The molecule has 0 bridgehead atoms. The van der Waals surface area contributed by atoms with Gasteiger partial charge in [0.2, 0.25) is 11.4 Å². The molecule has 0 aliphatic heterocycles. The van der Waals surface area contributed by atoms with Crippen molar-refractivity contribution in [2.75, 3.05) is 0 Å². The van der Waals surface area contributed by atoms with Crippen molar-refractivity contribution in [3.05, 3.63) is 158 Å². The smallest absolute Gasteiger partial charge is 0.210 e. The summed E-state index contributed by atoms with van der Waals surface area (Å²) in [6.07, 6.45) is 8.31. The molecule has 0 aliphatic rings. The number of hydrogen-bond donors (Lipinski definition) is 0. The molecule has 0 amide bonds. The van der Waals surface area contributed by atoms with Gasteiger partial charge in [-0.1, -0.05) is 36.4 Å². The normalized spacial score (nSPS) is 10.6. The Labute approximate surface area is 222 Å². The van der Waals surface area contributed by atoms with E-state index in [-0.39, 0.29) is 0 Å². The van der Waals surface area contributed by atoms with Crippen LogP contribution >= 0.6 is 0 Å². The maximum Gasteiger partial charge on any atom is 0.210 e. The minimum atomic E-state index is 0.813. The van der Waals surface area contributed by atoms with Gasteiger partial charge in [-0.25, -0.2) is 0 Å². The Balaban J connectivity index is 1.11. The summed E-state index contributed by atoms with van der Waals surface area (Å²) in [6, 6.07) is 44.3. The minimum absolute atomic E-state index is 0.813. The van der Waals surface area contributed by atoms with E-state index in [1.54, 1.807) is 0 Å². The van der Waals surface area contributed by atoms with Gasteiger partial charge < -0.3 is 9.47 Å². The molecule has 0 atom stereocenters. The van der Waals surface area contributed by atoms with Crippen molar-refractivity contribution in [2.24, 2.45) is 0 Å². The Morgan fingerprint density at radius 2 is 0.632 bits per heavy atom. The van der Waals surface area contributed by atoms with Crippen LogP contribution in [0.3, 0.4) is 0 Å². The Bertz CT molecular complexity index is 1470. The van der Waals surface area contributed by atoms with E-state index in [4.69, 9.17) is 9.47 Å². The van der Waals surface area contributed by atoms with Crippen LogP contribution in [0.15, 0.2) is 158 Å². The van der Waals surface area contributed by atoms with E-state index in [2.05, 4.69) is 82.5 Å². The SMILES string of the molecule is c1ccc(Oc2ccc(-[n+]3ccc(-c4cc[n+](-c5ccc(Oc6ccccc6)cc5)cc4)cc3)cc2)cc1. The van der Waals surface area contributed by atoms with E-state index < -0.39 is 0 Å². The highest BCUT2D eigenvalue weighted by Crippen LogP contribution is 2.23. The Morgan fingerprint density at radius 3 is 0.974 bits per heavy atom. The van der Waals surface area contributed by atoms with Crippen molar-refractivity contribution in [1.82, 2.24) is 0 Å². The second-order valence-corrected chi connectivity index (χ2v) is 8.81. The average molecular weight is 495 g/mol. The molecule has 6 rings (SSSR count). The van der Waals surface area contributed by atoms with Crippen molar-refractivity contribution in [3.63, 3.8) is 0 Å². The summed E-state index contributed by atoms with van der Waals surface area (Å²) in [5.41, 5.74) is 4.46. The lowest BCUT2D eigenvalue weighted by Crippen LogP contribution is -2.29. The number of ether oxygens (including phenoxy) is 2. The van der Waals surface area contributed by atoms with Gasteiger partial charge in [-0.2, -0.15) is 9.13 Å². The number of pyridine rings is 2. The molecule has 2 aromatic heterocycles. The monoisotopic (exact) mass is 494 g/mol. The highest BCUT2D eigenvalue weighted by molar-refractivity contribution is 5.61. The van der Waals surface area contributed by atoms with Crippen LogP contribution in [0, 0.1) is 0 Å². The molecular weight excluding hydrogens is 468 g/mol. The van der Waals surface area contributed by atoms with Gasteiger partial charge in [-0.05, 0) is 59.7 Å². The average Bonchev–Trinajstić information content (AvgIpc) is 2.99. The molecule has 6 aromatic rings. The number of para-hydroxylation sites is 2. The molecule has 4 nitrogen and oxygen atoms in total. The lowest BCUT2D eigenvalue weighted by Gasteiger charge is -2.06. The fraction of sp³-hybridized carbons (Fsp3) is 0. The maximum atomic E-state index is 5.90. The largest absolute Gasteiger partial charge is 0.457 e. The zero-order chi connectivity index (χ0) is 25.6. The maximum absolute atomic E-state index is 5.90. The van der Waals surface area contributed by atoms with Crippen LogP contribution in [0.1, 0.15) is 0 Å². The van der Waals surface area contributed by atoms with E-state index in [9.17, 15) is 0 Å². The van der Waals surface area contributed by atoms with E-state index in [0.717, 1.165) is 45.5 Å². The van der Waals surface area contributed by atoms with E-state index >= 15 is 0 Å². The molecule has 0 saturated heterocycles. The van der Waals surface area contributed by atoms with Crippen LogP contribution in [-0.4, -0.2) is 0 Å². The van der Waals surface area contributed by atoms with Crippen LogP contribution in [-0.2, 0) is 0 Å². The first kappa shape index (κ1) is 23.2. The standard InChI is InChI=1S/C34H26N2O2/c1-3-7-31(8-4-1)37-33-15-11-29(12-16-33)35-23-19-27(20-24-35)28-21-25-36(26-22-28)30-13-17-34(18-14-30)38-32-9-5-2-6-10-32/h1-26H/q+2. The van der Waals surface area contributed by atoms with Crippen molar-refractivity contribution in [3.8, 4) is 45.5 Å². The van der Waals surface area contributed by atoms with Crippen LogP contribution < -0.4 is 18.6 Å². The summed E-state index contributed by atoms with van der Waals surface area (Å²) < 4.78 is 16.0. The minimum Gasteiger partial charge on any atom is -0.457 e. The molecule has 0 unspecified atom stereocenters. The molecule has 182 valence electrons. The quantitative estimate of drug-likeness (QED) is 0.215. The zero-order valence-corrected chi connectivity index (χ0v) is 20.7. The predicted molar refractivity (Wildman–Crippen MR) is 148 cm³/mol. The molecule has 4 heteroatoms. The van der Waals surface area contributed by atoms with Gasteiger partial charge in [0.15, 0.2) is 24.8 Å². The van der Waals surface area contributed by atoms with Gasteiger partial charge in [-0.3, -0.25) is 0 Å². The van der Waals surface area contributed by atoms with Crippen LogP contribution in [0.25, 0.3) is 22.5 Å². The first-order valence-electron chi connectivity index (χ1n) is 12.5. The van der Waals surface area contributed by atoms with Gasteiger partial charge in [0, 0.05) is 48.5 Å².